The zero-order chi connectivity index (χ0) is 11.8. The molecule has 0 aliphatic carbocycles. The van der Waals surface area contributed by atoms with Crippen molar-refractivity contribution in [1.29, 1.82) is 0 Å². The highest BCUT2D eigenvalue weighted by Crippen LogP contribution is 2.13. The van der Waals surface area contributed by atoms with Crippen LogP contribution < -0.4 is 0 Å². The molecule has 0 saturated heterocycles. The van der Waals surface area contributed by atoms with Gasteiger partial charge in [-0.25, -0.2) is 8.78 Å². The number of aliphatic hydroxyl groups is 1. The van der Waals surface area contributed by atoms with Crippen molar-refractivity contribution in [3.63, 3.8) is 0 Å². The summed E-state index contributed by atoms with van der Waals surface area (Å²) in [4.78, 5) is 1.23. The largest absolute Gasteiger partial charge is 0.393 e. The predicted octanol–water partition coefficient (Wildman–Crippen LogP) is 2.71. The normalized spacial score (nSPS) is 13.2. The van der Waals surface area contributed by atoms with Crippen LogP contribution >= 0.6 is 11.3 Å². The van der Waals surface area contributed by atoms with Crippen molar-refractivity contribution in [2.75, 3.05) is 13.2 Å². The van der Waals surface area contributed by atoms with E-state index >= 15 is 0 Å². The lowest BCUT2D eigenvalue weighted by atomic mass is 10.1. The standard InChI is InChI=1S/C11H16F2O2S/c12-11(13)8-15-6-5-9(14)3-4-10-2-1-7-16-10/h1-2,7,9,11,14H,3-6,8H2. The molecule has 0 aliphatic heterocycles. The van der Waals surface area contributed by atoms with Crippen molar-refractivity contribution in [2.45, 2.75) is 31.8 Å². The van der Waals surface area contributed by atoms with Gasteiger partial charge in [-0.2, -0.15) is 0 Å². The Labute approximate surface area is 97.9 Å². The van der Waals surface area contributed by atoms with Crippen molar-refractivity contribution in [2.24, 2.45) is 0 Å². The van der Waals surface area contributed by atoms with Crippen molar-refractivity contribution in [1.82, 2.24) is 0 Å². The molecule has 0 radical (unpaired) electrons. The number of hydrogen-bond acceptors (Lipinski definition) is 3. The molecule has 1 N–H and O–H groups in total. The second kappa shape index (κ2) is 7.70. The van der Waals surface area contributed by atoms with Crippen molar-refractivity contribution >= 4 is 11.3 Å². The van der Waals surface area contributed by atoms with Crippen LogP contribution in [0.2, 0.25) is 0 Å². The minimum atomic E-state index is -2.43. The summed E-state index contributed by atoms with van der Waals surface area (Å²) >= 11 is 1.66. The Hall–Kier alpha value is -0.520. The van der Waals surface area contributed by atoms with Crippen LogP contribution in [0.4, 0.5) is 8.78 Å². The van der Waals surface area contributed by atoms with Crippen molar-refractivity contribution < 1.29 is 18.6 Å². The van der Waals surface area contributed by atoms with E-state index in [4.69, 9.17) is 4.74 Å². The number of ether oxygens (including phenoxy) is 1. The molecule has 1 heterocycles. The molecule has 0 spiro atoms. The van der Waals surface area contributed by atoms with E-state index < -0.39 is 19.1 Å². The number of thiophene rings is 1. The summed E-state index contributed by atoms with van der Waals surface area (Å²) in [5.74, 6) is 0. The molecule has 5 heteroatoms. The Kier molecular flexibility index (Phi) is 6.52. The number of aryl methyl sites for hydroxylation is 1. The van der Waals surface area contributed by atoms with Gasteiger partial charge >= 0.3 is 0 Å². The number of aliphatic hydroxyl groups excluding tert-OH is 1. The van der Waals surface area contributed by atoms with Gasteiger partial charge < -0.3 is 9.84 Å². The van der Waals surface area contributed by atoms with Crippen molar-refractivity contribution in [3.05, 3.63) is 22.4 Å². The van der Waals surface area contributed by atoms with Crippen LogP contribution in [0.5, 0.6) is 0 Å². The topological polar surface area (TPSA) is 29.5 Å². The summed E-state index contributed by atoms with van der Waals surface area (Å²) < 4.78 is 28.1. The van der Waals surface area contributed by atoms with Crippen LogP contribution in [0.3, 0.4) is 0 Å². The first kappa shape index (κ1) is 13.5. The molecule has 0 bridgehead atoms. The molecule has 92 valence electrons. The van der Waals surface area contributed by atoms with Gasteiger partial charge in [-0.3, -0.25) is 0 Å². The van der Waals surface area contributed by atoms with E-state index in [9.17, 15) is 13.9 Å². The average molecular weight is 250 g/mol. The molecule has 1 aromatic heterocycles. The van der Waals surface area contributed by atoms with E-state index in [0.717, 1.165) is 6.42 Å². The predicted molar refractivity (Wildman–Crippen MR) is 60.1 cm³/mol. The monoisotopic (exact) mass is 250 g/mol. The molecule has 0 aromatic carbocycles. The van der Waals surface area contributed by atoms with E-state index in [2.05, 4.69) is 0 Å². The number of halogens is 2. The summed E-state index contributed by atoms with van der Waals surface area (Å²) in [6, 6.07) is 3.99. The summed E-state index contributed by atoms with van der Waals surface area (Å²) in [6.07, 6.45) is -1.01. The van der Waals surface area contributed by atoms with Crippen LogP contribution in [0.15, 0.2) is 17.5 Å². The third-order valence-electron chi connectivity index (χ3n) is 2.14. The lowest BCUT2D eigenvalue weighted by Crippen LogP contribution is -2.13. The molecule has 0 saturated carbocycles. The molecule has 1 atom stereocenters. The van der Waals surface area contributed by atoms with Gasteiger partial charge in [-0.1, -0.05) is 6.07 Å². The highest BCUT2D eigenvalue weighted by Gasteiger charge is 2.07. The van der Waals surface area contributed by atoms with Gasteiger partial charge in [-0.05, 0) is 30.7 Å². The molecular weight excluding hydrogens is 234 g/mol. The van der Waals surface area contributed by atoms with Crippen LogP contribution in [0.1, 0.15) is 17.7 Å². The second-order valence-corrected chi connectivity index (χ2v) is 4.56. The number of hydrogen-bond donors (Lipinski definition) is 1. The van der Waals surface area contributed by atoms with Crippen LogP contribution in [-0.2, 0) is 11.2 Å². The van der Waals surface area contributed by atoms with Gasteiger partial charge in [0, 0.05) is 11.5 Å². The smallest absolute Gasteiger partial charge is 0.261 e. The lowest BCUT2D eigenvalue weighted by Gasteiger charge is -2.09. The Morgan fingerprint density at radius 2 is 2.19 bits per heavy atom. The summed E-state index contributed by atoms with van der Waals surface area (Å²) in [7, 11) is 0. The fourth-order valence-corrected chi connectivity index (χ4v) is 2.02. The molecule has 1 rings (SSSR count). The van der Waals surface area contributed by atoms with E-state index in [1.807, 2.05) is 17.5 Å². The number of rotatable bonds is 8. The Morgan fingerprint density at radius 1 is 1.38 bits per heavy atom. The van der Waals surface area contributed by atoms with E-state index in [1.165, 1.54) is 4.88 Å². The zero-order valence-corrected chi connectivity index (χ0v) is 9.76. The van der Waals surface area contributed by atoms with Gasteiger partial charge in [-0.15, -0.1) is 11.3 Å². The number of alkyl halides is 2. The van der Waals surface area contributed by atoms with Gasteiger partial charge in [0.05, 0.1) is 6.10 Å². The maximum atomic E-state index is 11.7. The fourth-order valence-electron chi connectivity index (χ4n) is 1.30. The summed E-state index contributed by atoms with van der Waals surface area (Å²) in [5.41, 5.74) is 0. The molecule has 2 nitrogen and oxygen atoms in total. The molecular formula is C11H16F2O2S. The highest BCUT2D eigenvalue weighted by atomic mass is 32.1. The Bertz CT molecular complexity index is 265. The molecule has 0 amide bonds. The van der Waals surface area contributed by atoms with E-state index in [-0.39, 0.29) is 6.61 Å². The first-order valence-electron chi connectivity index (χ1n) is 5.25. The fraction of sp³-hybridized carbons (Fsp3) is 0.636. The first-order valence-corrected chi connectivity index (χ1v) is 6.13. The Morgan fingerprint density at radius 3 is 2.81 bits per heavy atom. The van der Waals surface area contributed by atoms with E-state index in [1.54, 1.807) is 11.3 Å². The van der Waals surface area contributed by atoms with Crippen molar-refractivity contribution in [3.8, 4) is 0 Å². The van der Waals surface area contributed by atoms with Gasteiger partial charge in [0.25, 0.3) is 6.43 Å². The minimum absolute atomic E-state index is 0.190. The molecule has 1 aromatic rings. The summed E-state index contributed by atoms with van der Waals surface area (Å²) in [5, 5.41) is 11.5. The van der Waals surface area contributed by atoms with Gasteiger partial charge in [0.2, 0.25) is 0 Å². The van der Waals surface area contributed by atoms with Gasteiger partial charge in [0.1, 0.15) is 6.61 Å². The van der Waals surface area contributed by atoms with Gasteiger partial charge in [0.15, 0.2) is 0 Å². The third-order valence-corrected chi connectivity index (χ3v) is 3.08. The van der Waals surface area contributed by atoms with E-state index in [0.29, 0.717) is 12.8 Å². The quantitative estimate of drug-likeness (QED) is 0.719. The SMILES string of the molecule is OC(CCOCC(F)F)CCc1cccs1. The molecule has 16 heavy (non-hydrogen) atoms. The third kappa shape index (κ3) is 6.15. The molecule has 0 aliphatic rings. The highest BCUT2D eigenvalue weighted by molar-refractivity contribution is 7.09. The lowest BCUT2D eigenvalue weighted by molar-refractivity contribution is 0.00431. The first-order chi connectivity index (χ1) is 7.68. The summed E-state index contributed by atoms with van der Waals surface area (Å²) in [6.45, 7) is -0.354. The zero-order valence-electron chi connectivity index (χ0n) is 8.94. The maximum absolute atomic E-state index is 11.7. The average Bonchev–Trinajstić information content (AvgIpc) is 2.74. The van der Waals surface area contributed by atoms with Crippen LogP contribution in [0, 0.1) is 0 Å². The Balaban J connectivity index is 2.00. The molecule has 0 fully saturated rings. The molecule has 1 unspecified atom stereocenters. The second-order valence-electron chi connectivity index (χ2n) is 3.53. The van der Waals surface area contributed by atoms with Crippen LogP contribution in [0.25, 0.3) is 0 Å². The maximum Gasteiger partial charge on any atom is 0.261 e. The minimum Gasteiger partial charge on any atom is -0.393 e. The van der Waals surface area contributed by atoms with Crippen LogP contribution in [-0.4, -0.2) is 30.8 Å².